The van der Waals surface area contributed by atoms with Gasteiger partial charge in [-0.2, -0.15) is 0 Å². The molecule has 3 aliphatic rings. The van der Waals surface area contributed by atoms with Crippen molar-refractivity contribution in [3.63, 3.8) is 0 Å². The third-order valence-corrected chi connectivity index (χ3v) is 10.0. The van der Waals surface area contributed by atoms with Crippen LogP contribution in [0.15, 0.2) is 4.99 Å². The van der Waals surface area contributed by atoms with Crippen molar-refractivity contribution in [3.8, 4) is 0 Å². The molecule has 3 unspecified atom stereocenters. The van der Waals surface area contributed by atoms with Crippen LogP contribution in [0.2, 0.25) is 0 Å². The molecule has 0 aromatic rings. The maximum absolute atomic E-state index is 14.3. The summed E-state index contributed by atoms with van der Waals surface area (Å²) in [5.41, 5.74) is -1.42. The maximum atomic E-state index is 14.3. The van der Waals surface area contributed by atoms with Gasteiger partial charge in [-0.3, -0.25) is 19.2 Å². The number of ketones is 1. The van der Waals surface area contributed by atoms with Gasteiger partial charge in [-0.15, -0.1) is 0 Å². The average Bonchev–Trinajstić information content (AvgIpc) is 3.24. The molecule has 0 aromatic carbocycles. The molecule has 0 radical (unpaired) electrons. The number of ether oxygens (including phenoxy) is 1. The zero-order valence-corrected chi connectivity index (χ0v) is 29.2. The molecule has 13 heteroatoms. The smallest absolute Gasteiger partial charge is 0.409 e. The Balaban J connectivity index is 1.81. The van der Waals surface area contributed by atoms with Crippen molar-refractivity contribution < 1.29 is 33.5 Å². The molecule has 13 nitrogen and oxygen atoms in total. The maximum Gasteiger partial charge on any atom is 0.409 e. The Bertz CT molecular complexity index is 1230. The number of hydrogen-bond acceptors (Lipinski definition) is 7. The molecule has 46 heavy (non-hydrogen) atoms. The normalized spacial score (nSPS) is 23.9. The highest BCUT2D eigenvalue weighted by atomic mass is 16.6. The van der Waals surface area contributed by atoms with Gasteiger partial charge in [0.25, 0.3) is 0 Å². The number of likely N-dealkylation sites (tertiary alicyclic amines) is 1. The van der Waals surface area contributed by atoms with Gasteiger partial charge in [-0.25, -0.2) is 14.6 Å². The van der Waals surface area contributed by atoms with Crippen molar-refractivity contribution in [2.75, 3.05) is 27.2 Å². The van der Waals surface area contributed by atoms with E-state index < -0.39 is 70.6 Å². The molecule has 258 valence electrons. The Morgan fingerprint density at radius 2 is 1.59 bits per heavy atom. The van der Waals surface area contributed by atoms with Crippen LogP contribution < -0.4 is 16.0 Å². The van der Waals surface area contributed by atoms with Gasteiger partial charge in [-0.1, -0.05) is 74.7 Å². The molecular formula is C33H54N6O7. The number of carbonyl (C=O) groups excluding carboxylic acids is 6. The summed E-state index contributed by atoms with van der Waals surface area (Å²) in [7, 11) is 3.13. The van der Waals surface area contributed by atoms with Gasteiger partial charge in [-0.05, 0) is 47.1 Å². The molecule has 6 atom stereocenters. The van der Waals surface area contributed by atoms with E-state index in [4.69, 9.17) is 4.74 Å². The van der Waals surface area contributed by atoms with E-state index in [1.807, 2.05) is 41.5 Å². The van der Waals surface area contributed by atoms with Gasteiger partial charge in [0, 0.05) is 20.6 Å². The monoisotopic (exact) mass is 646 g/mol. The summed E-state index contributed by atoms with van der Waals surface area (Å²) in [6, 6.07) is -4.11. The quantitative estimate of drug-likeness (QED) is 0.229. The Kier molecular flexibility index (Phi) is 11.0. The first-order valence-electron chi connectivity index (χ1n) is 16.2. The van der Waals surface area contributed by atoms with Gasteiger partial charge < -0.3 is 30.5 Å². The number of carbonyl (C=O) groups is 6. The summed E-state index contributed by atoms with van der Waals surface area (Å²) in [6.07, 6.45) is 2.64. The topological polar surface area (TPSA) is 167 Å². The first-order chi connectivity index (χ1) is 21.1. The number of fused-ring (bicyclic) bond motifs is 1. The van der Waals surface area contributed by atoms with Crippen molar-refractivity contribution in [1.29, 1.82) is 0 Å². The van der Waals surface area contributed by atoms with Gasteiger partial charge >= 0.3 is 18.0 Å². The Labute approximate surface area is 273 Å². The number of nitrogens with one attached hydrogen (secondary N) is 3. The number of urea groups is 1. The van der Waals surface area contributed by atoms with Gasteiger partial charge in [0.1, 0.15) is 18.7 Å². The minimum atomic E-state index is -1.05. The Morgan fingerprint density at radius 3 is 2.07 bits per heavy atom. The van der Waals surface area contributed by atoms with E-state index in [0.29, 0.717) is 13.0 Å². The van der Waals surface area contributed by atoms with Gasteiger partial charge in [0.2, 0.25) is 17.6 Å². The van der Waals surface area contributed by atoms with Gasteiger partial charge in [0.05, 0.1) is 12.1 Å². The molecule has 6 amide bonds. The zero-order chi connectivity index (χ0) is 34.9. The molecule has 2 aliphatic carbocycles. The van der Waals surface area contributed by atoms with E-state index in [2.05, 4.69) is 41.5 Å². The van der Waals surface area contributed by atoms with Crippen LogP contribution in [0.5, 0.6) is 0 Å². The van der Waals surface area contributed by atoms with Crippen molar-refractivity contribution in [1.82, 2.24) is 25.8 Å². The Hall–Kier alpha value is -3.51. The fourth-order valence-corrected chi connectivity index (χ4v) is 6.53. The predicted molar refractivity (Wildman–Crippen MR) is 173 cm³/mol. The second-order valence-corrected chi connectivity index (χ2v) is 16.1. The third-order valence-electron chi connectivity index (χ3n) is 10.0. The number of rotatable bonds is 11. The van der Waals surface area contributed by atoms with Gasteiger partial charge in [0.15, 0.2) is 0 Å². The minimum absolute atomic E-state index is 0.0653. The standard InChI is InChI=1S/C33H54N6O7/c1-31(2,3)21(17-46-30(45)38(10)11)36-29(44)37-25(32(4,5)6)28(43)39-16-19-22(33(19,7)8)23(39)26(41)35-20(15-18-13-12-14-18)24(40)27(42)34-9/h18-23,25H,9,12-17H2,1-8,10-11H3,(H,35,41)(H2,36,37,44)/t19-,20?,21+,22-,23?,25?/m0/s1. The lowest BCUT2D eigenvalue weighted by Crippen LogP contribution is -2.62. The summed E-state index contributed by atoms with van der Waals surface area (Å²) in [6.45, 7) is 18.7. The van der Waals surface area contributed by atoms with Crippen LogP contribution in [-0.4, -0.2) is 104 Å². The van der Waals surface area contributed by atoms with Crippen molar-refractivity contribution in [2.24, 2.45) is 39.0 Å². The molecule has 1 aliphatic heterocycles. The van der Waals surface area contributed by atoms with E-state index in [0.717, 1.165) is 19.3 Å². The second-order valence-electron chi connectivity index (χ2n) is 16.1. The summed E-state index contributed by atoms with van der Waals surface area (Å²) in [4.78, 5) is 84.8. The van der Waals surface area contributed by atoms with Crippen LogP contribution in [0.4, 0.5) is 9.59 Å². The molecule has 3 N–H and O–H groups in total. The van der Waals surface area contributed by atoms with E-state index in [9.17, 15) is 28.8 Å². The number of piperidine rings is 1. The highest BCUT2D eigenvalue weighted by Gasteiger charge is 2.70. The van der Waals surface area contributed by atoms with Crippen LogP contribution in [0.1, 0.15) is 81.1 Å². The largest absolute Gasteiger partial charge is 0.447 e. The second kappa shape index (κ2) is 13.7. The lowest BCUT2D eigenvalue weighted by Gasteiger charge is -2.39. The van der Waals surface area contributed by atoms with Crippen LogP contribution in [-0.2, 0) is 23.9 Å². The average molecular weight is 647 g/mol. The molecule has 0 bridgehead atoms. The van der Waals surface area contributed by atoms with E-state index in [-0.39, 0.29) is 29.8 Å². The van der Waals surface area contributed by atoms with Crippen LogP contribution >= 0.6 is 0 Å². The predicted octanol–water partition coefficient (Wildman–Crippen LogP) is 2.77. The van der Waals surface area contributed by atoms with Crippen LogP contribution in [0.25, 0.3) is 0 Å². The van der Waals surface area contributed by atoms with Crippen LogP contribution in [0, 0.1) is 34.0 Å². The number of nitrogens with zero attached hydrogens (tertiary/aromatic N) is 3. The number of hydrogen-bond donors (Lipinski definition) is 3. The zero-order valence-electron chi connectivity index (χ0n) is 29.2. The molecule has 1 saturated heterocycles. The van der Waals surface area contributed by atoms with Crippen molar-refractivity contribution >= 4 is 42.3 Å². The molecule has 2 saturated carbocycles. The molecule has 1 heterocycles. The summed E-state index contributed by atoms with van der Waals surface area (Å²) < 4.78 is 5.35. The van der Waals surface area contributed by atoms with E-state index >= 15 is 0 Å². The summed E-state index contributed by atoms with van der Waals surface area (Å²) >= 11 is 0. The molecule has 0 aromatic heterocycles. The first kappa shape index (κ1) is 37.0. The fraction of sp³-hybridized carbons (Fsp3) is 0.788. The number of aliphatic imine (C=N–C) groups is 1. The molecule has 3 rings (SSSR count). The minimum Gasteiger partial charge on any atom is -0.447 e. The molecular weight excluding hydrogens is 592 g/mol. The third kappa shape index (κ3) is 8.25. The summed E-state index contributed by atoms with van der Waals surface area (Å²) in [5.74, 6) is -2.58. The molecule has 3 fully saturated rings. The van der Waals surface area contributed by atoms with Crippen molar-refractivity contribution in [3.05, 3.63) is 0 Å². The van der Waals surface area contributed by atoms with E-state index in [1.165, 1.54) is 9.80 Å². The van der Waals surface area contributed by atoms with E-state index in [1.54, 1.807) is 14.1 Å². The lowest BCUT2D eigenvalue weighted by molar-refractivity contribution is -0.145. The molecule has 0 spiro atoms. The lowest BCUT2D eigenvalue weighted by atomic mass is 9.80. The summed E-state index contributed by atoms with van der Waals surface area (Å²) in [5, 5.41) is 8.52. The number of Topliss-reactive ketones (excluding diaryl/α,β-unsaturated/α-hetero) is 1. The fourth-order valence-electron chi connectivity index (χ4n) is 6.53. The Morgan fingerprint density at radius 1 is 0.978 bits per heavy atom. The highest BCUT2D eigenvalue weighted by Crippen LogP contribution is 2.65. The highest BCUT2D eigenvalue weighted by molar-refractivity contribution is 6.39. The van der Waals surface area contributed by atoms with Crippen molar-refractivity contribution in [2.45, 2.75) is 105 Å². The SMILES string of the molecule is C=NC(=O)C(=O)C(CC1CCC1)NC(=O)C1[C@@H]2[C@H](CN1C(=O)C(NC(=O)N[C@H](COC(=O)N(C)C)C(C)(C)C)C(C)(C)C)C2(C)C. The first-order valence-corrected chi connectivity index (χ1v) is 16.2. The van der Waals surface area contributed by atoms with Crippen LogP contribution in [0.3, 0.4) is 0 Å². The number of amides is 6.